The van der Waals surface area contributed by atoms with E-state index in [4.69, 9.17) is 5.26 Å². The van der Waals surface area contributed by atoms with Gasteiger partial charge in [0, 0.05) is 4.47 Å². The van der Waals surface area contributed by atoms with Gasteiger partial charge in [0.2, 0.25) is 0 Å². The lowest BCUT2D eigenvalue weighted by atomic mass is 10.1. The van der Waals surface area contributed by atoms with E-state index in [0.717, 1.165) is 23.9 Å². The summed E-state index contributed by atoms with van der Waals surface area (Å²) < 4.78 is 28.1. The summed E-state index contributed by atoms with van der Waals surface area (Å²) in [6, 6.07) is 3.71. The predicted octanol–water partition coefficient (Wildman–Crippen LogP) is 3.07. The quantitative estimate of drug-likeness (QED) is 0.662. The fourth-order valence-corrected chi connectivity index (χ4v) is 2.38. The molecule has 0 saturated heterocycles. The van der Waals surface area contributed by atoms with Gasteiger partial charge in [0.15, 0.2) is 5.16 Å². The van der Waals surface area contributed by atoms with Crippen LogP contribution in [0.1, 0.15) is 5.56 Å². The molecule has 0 aliphatic rings. The number of halogens is 3. The van der Waals surface area contributed by atoms with Gasteiger partial charge in [-0.1, -0.05) is 27.7 Å². The third-order valence-corrected chi connectivity index (χ3v) is 3.48. The van der Waals surface area contributed by atoms with Gasteiger partial charge >= 0.3 is 0 Å². The number of hydrogen-bond acceptors (Lipinski definition) is 4. The molecule has 20 heavy (non-hydrogen) atoms. The van der Waals surface area contributed by atoms with Crippen molar-refractivity contribution in [1.82, 2.24) is 9.97 Å². The second kappa shape index (κ2) is 5.73. The molecule has 8 heteroatoms. The summed E-state index contributed by atoms with van der Waals surface area (Å²) in [5.41, 5.74) is -1.96. The van der Waals surface area contributed by atoms with E-state index in [2.05, 4.69) is 25.9 Å². The minimum absolute atomic E-state index is 0.172. The highest BCUT2D eigenvalue weighted by atomic mass is 79.9. The first kappa shape index (κ1) is 14.7. The smallest absolute Gasteiger partial charge is 0.270 e. The Hall–Kier alpha value is -1.72. The molecule has 102 valence electrons. The Labute approximate surface area is 125 Å². The lowest BCUT2D eigenvalue weighted by molar-refractivity contribution is 0.586. The predicted molar refractivity (Wildman–Crippen MR) is 74.4 cm³/mol. The Morgan fingerprint density at radius 1 is 1.40 bits per heavy atom. The van der Waals surface area contributed by atoms with Crippen molar-refractivity contribution in [3.63, 3.8) is 0 Å². The van der Waals surface area contributed by atoms with Crippen LogP contribution in [0, 0.1) is 23.0 Å². The maximum Gasteiger partial charge on any atom is 0.270 e. The Kier molecular flexibility index (Phi) is 4.20. The van der Waals surface area contributed by atoms with Gasteiger partial charge in [0.25, 0.3) is 5.56 Å². The summed E-state index contributed by atoms with van der Waals surface area (Å²) in [4.78, 5) is 18.0. The molecule has 0 radical (unpaired) electrons. The SMILES string of the molecule is CSc1nc(-c2c(F)cc(Br)cc2F)c(C#N)c(=O)[nH]1. The van der Waals surface area contributed by atoms with Crippen LogP contribution < -0.4 is 5.56 Å². The van der Waals surface area contributed by atoms with Crippen molar-refractivity contribution in [2.24, 2.45) is 0 Å². The van der Waals surface area contributed by atoms with Crippen molar-refractivity contribution >= 4 is 27.7 Å². The minimum Gasteiger partial charge on any atom is -0.300 e. The molecule has 0 fully saturated rings. The van der Waals surface area contributed by atoms with Crippen molar-refractivity contribution in [3.05, 3.63) is 44.2 Å². The van der Waals surface area contributed by atoms with Crippen molar-refractivity contribution in [2.75, 3.05) is 6.26 Å². The molecule has 0 aliphatic carbocycles. The van der Waals surface area contributed by atoms with E-state index in [1.165, 1.54) is 0 Å². The fraction of sp³-hybridized carbons (Fsp3) is 0.0833. The van der Waals surface area contributed by atoms with Crippen LogP contribution in [-0.2, 0) is 0 Å². The molecule has 0 amide bonds. The maximum atomic E-state index is 13.9. The number of nitriles is 1. The largest absolute Gasteiger partial charge is 0.300 e. The van der Waals surface area contributed by atoms with Crippen LogP contribution in [0.15, 0.2) is 26.6 Å². The zero-order valence-electron chi connectivity index (χ0n) is 10.00. The van der Waals surface area contributed by atoms with Crippen LogP contribution in [0.25, 0.3) is 11.3 Å². The van der Waals surface area contributed by atoms with Crippen molar-refractivity contribution in [3.8, 4) is 17.3 Å². The van der Waals surface area contributed by atoms with Gasteiger partial charge in [-0.15, -0.1) is 0 Å². The second-order valence-corrected chi connectivity index (χ2v) is 5.37. The summed E-state index contributed by atoms with van der Waals surface area (Å²) in [5, 5.41) is 9.16. The number of thioether (sulfide) groups is 1. The van der Waals surface area contributed by atoms with Crippen molar-refractivity contribution in [2.45, 2.75) is 5.16 Å². The third kappa shape index (κ3) is 2.59. The molecule has 0 aliphatic heterocycles. The molecule has 1 heterocycles. The number of H-pyrrole nitrogens is 1. The standard InChI is InChI=1S/C12H6BrF2N3OS/c1-20-12-17-10(6(4-16)11(19)18-12)9-7(14)2-5(13)3-8(9)15/h2-3H,1H3,(H,17,18,19). The monoisotopic (exact) mass is 357 g/mol. The van der Waals surface area contributed by atoms with Crippen LogP contribution in [-0.4, -0.2) is 16.2 Å². The van der Waals surface area contributed by atoms with Crippen molar-refractivity contribution < 1.29 is 8.78 Å². The van der Waals surface area contributed by atoms with Gasteiger partial charge in [-0.2, -0.15) is 5.26 Å². The molecule has 0 bridgehead atoms. The first-order valence-corrected chi connectivity index (χ1v) is 7.23. The Bertz CT molecular complexity index is 762. The molecule has 1 aromatic carbocycles. The number of benzene rings is 1. The number of hydrogen-bond donors (Lipinski definition) is 1. The average Bonchev–Trinajstić information content (AvgIpc) is 2.37. The zero-order chi connectivity index (χ0) is 14.9. The van der Waals surface area contributed by atoms with E-state index in [0.29, 0.717) is 0 Å². The lowest BCUT2D eigenvalue weighted by Gasteiger charge is -2.08. The van der Waals surface area contributed by atoms with Gasteiger partial charge in [0.05, 0.1) is 5.56 Å². The van der Waals surface area contributed by atoms with Crippen LogP contribution in [0.3, 0.4) is 0 Å². The highest BCUT2D eigenvalue weighted by Gasteiger charge is 2.20. The zero-order valence-corrected chi connectivity index (χ0v) is 12.4. The van der Waals surface area contributed by atoms with Gasteiger partial charge in [-0.25, -0.2) is 13.8 Å². The summed E-state index contributed by atoms with van der Waals surface area (Å²) >= 11 is 4.06. The summed E-state index contributed by atoms with van der Waals surface area (Å²) in [7, 11) is 0. The molecule has 1 aromatic heterocycles. The molecule has 2 rings (SSSR count). The van der Waals surface area contributed by atoms with E-state index < -0.39 is 28.3 Å². The average molecular weight is 358 g/mol. The second-order valence-electron chi connectivity index (χ2n) is 3.66. The molecular weight excluding hydrogens is 352 g/mol. The topological polar surface area (TPSA) is 69.5 Å². The molecule has 0 unspecified atom stereocenters. The highest BCUT2D eigenvalue weighted by Crippen LogP contribution is 2.29. The van der Waals surface area contributed by atoms with E-state index in [9.17, 15) is 13.6 Å². The summed E-state index contributed by atoms with van der Waals surface area (Å²) in [6.07, 6.45) is 1.64. The van der Waals surface area contributed by atoms with Crippen LogP contribution in [0.4, 0.5) is 8.78 Å². The third-order valence-electron chi connectivity index (χ3n) is 2.45. The summed E-state index contributed by atoms with van der Waals surface area (Å²) in [6.45, 7) is 0. The van der Waals surface area contributed by atoms with E-state index in [1.807, 2.05) is 0 Å². The molecule has 4 nitrogen and oxygen atoms in total. The van der Waals surface area contributed by atoms with Gasteiger partial charge < -0.3 is 4.98 Å². The first-order valence-electron chi connectivity index (χ1n) is 5.21. The number of nitrogens with one attached hydrogen (secondary N) is 1. The Morgan fingerprint density at radius 2 is 2.00 bits per heavy atom. The first-order chi connectivity index (χ1) is 9.47. The fourth-order valence-electron chi connectivity index (χ4n) is 1.60. The normalized spacial score (nSPS) is 10.3. The lowest BCUT2D eigenvalue weighted by Crippen LogP contribution is -2.15. The number of aromatic amines is 1. The summed E-state index contributed by atoms with van der Waals surface area (Å²) in [5.74, 6) is -1.81. The van der Waals surface area contributed by atoms with Gasteiger partial charge in [-0.3, -0.25) is 4.79 Å². The number of aromatic nitrogens is 2. The molecule has 1 N–H and O–H groups in total. The van der Waals surface area contributed by atoms with Gasteiger partial charge in [-0.05, 0) is 18.4 Å². The Morgan fingerprint density at radius 3 is 2.50 bits per heavy atom. The molecule has 0 spiro atoms. The van der Waals surface area contributed by atoms with Crippen LogP contribution in [0.2, 0.25) is 0 Å². The van der Waals surface area contributed by atoms with E-state index in [-0.39, 0.29) is 15.3 Å². The van der Waals surface area contributed by atoms with E-state index in [1.54, 1.807) is 12.3 Å². The van der Waals surface area contributed by atoms with Crippen molar-refractivity contribution in [1.29, 1.82) is 5.26 Å². The molecular formula is C12H6BrF2N3OS. The molecule has 2 aromatic rings. The Balaban J connectivity index is 2.86. The van der Waals surface area contributed by atoms with Crippen LogP contribution in [0.5, 0.6) is 0 Å². The van der Waals surface area contributed by atoms with Gasteiger partial charge in [0.1, 0.15) is 29.0 Å². The minimum atomic E-state index is -0.904. The number of nitrogens with zero attached hydrogens (tertiary/aromatic N) is 2. The van der Waals surface area contributed by atoms with Crippen LogP contribution >= 0.6 is 27.7 Å². The highest BCUT2D eigenvalue weighted by molar-refractivity contribution is 9.10. The molecule has 0 atom stereocenters. The number of rotatable bonds is 2. The van der Waals surface area contributed by atoms with E-state index >= 15 is 0 Å². The molecule has 0 saturated carbocycles. The maximum absolute atomic E-state index is 13.9.